The predicted molar refractivity (Wildman–Crippen MR) is 100 cm³/mol. The van der Waals surface area contributed by atoms with Crippen LogP contribution in [0.4, 0.5) is 0 Å². The molecule has 1 aromatic heterocycles. The molecule has 1 heterocycles. The van der Waals surface area contributed by atoms with Crippen molar-refractivity contribution in [1.29, 1.82) is 0 Å². The minimum Gasteiger partial charge on any atom is -0.455 e. The predicted octanol–water partition coefficient (Wildman–Crippen LogP) is 5.17. The highest BCUT2D eigenvalue weighted by atomic mass is 32.2. The third kappa shape index (κ3) is 2.85. The van der Waals surface area contributed by atoms with Gasteiger partial charge in [0.25, 0.3) is 0 Å². The number of hydrogen-bond donors (Lipinski definition) is 0. The molecule has 25 heavy (non-hydrogen) atoms. The summed E-state index contributed by atoms with van der Waals surface area (Å²) in [6, 6.07) is 24.8. The molecule has 4 rings (SSSR count). The second-order valence-corrected chi connectivity index (χ2v) is 7.98. The molecule has 3 aromatic carbocycles. The van der Waals surface area contributed by atoms with Gasteiger partial charge in [0.2, 0.25) is 0 Å². The van der Waals surface area contributed by atoms with E-state index in [4.69, 9.17) is 4.42 Å². The molecule has 0 amide bonds. The molecule has 0 unspecified atom stereocenters. The SMILES string of the molecule is CS(=O)(=O)c1ccc(-c2oc3ccccc3c2-c2ccccc2)cc1. The normalized spacial score (nSPS) is 11.7. The summed E-state index contributed by atoms with van der Waals surface area (Å²) < 4.78 is 29.5. The number of fused-ring (bicyclic) bond motifs is 1. The van der Waals surface area contributed by atoms with Crippen LogP contribution in [0.15, 0.2) is 88.2 Å². The summed E-state index contributed by atoms with van der Waals surface area (Å²) in [6.07, 6.45) is 1.21. The Balaban J connectivity index is 1.96. The van der Waals surface area contributed by atoms with E-state index in [9.17, 15) is 8.42 Å². The van der Waals surface area contributed by atoms with Crippen molar-refractivity contribution in [3.8, 4) is 22.5 Å². The van der Waals surface area contributed by atoms with Crippen LogP contribution in [-0.2, 0) is 9.84 Å². The van der Waals surface area contributed by atoms with Gasteiger partial charge >= 0.3 is 0 Å². The Labute approximate surface area is 146 Å². The van der Waals surface area contributed by atoms with Gasteiger partial charge in [-0.25, -0.2) is 8.42 Å². The standard InChI is InChI=1S/C21H16O3S/c1-25(22,23)17-13-11-16(12-14-17)21-20(15-7-3-2-4-8-15)18-9-5-6-10-19(18)24-21/h2-14H,1H3. The van der Waals surface area contributed by atoms with Crippen molar-refractivity contribution in [3.05, 3.63) is 78.9 Å². The first kappa shape index (κ1) is 15.7. The molecule has 0 bridgehead atoms. The van der Waals surface area contributed by atoms with E-state index in [0.29, 0.717) is 4.90 Å². The van der Waals surface area contributed by atoms with Crippen LogP contribution in [0.1, 0.15) is 0 Å². The minimum atomic E-state index is -3.22. The van der Waals surface area contributed by atoms with Crippen molar-refractivity contribution in [2.24, 2.45) is 0 Å². The lowest BCUT2D eigenvalue weighted by atomic mass is 9.99. The molecule has 3 nitrogen and oxygen atoms in total. The number of hydrogen-bond acceptors (Lipinski definition) is 3. The van der Waals surface area contributed by atoms with Crippen molar-refractivity contribution < 1.29 is 12.8 Å². The minimum absolute atomic E-state index is 0.300. The number of sulfone groups is 1. The molecule has 0 saturated heterocycles. The highest BCUT2D eigenvalue weighted by molar-refractivity contribution is 7.90. The summed E-state index contributed by atoms with van der Waals surface area (Å²) in [5.41, 5.74) is 3.74. The van der Waals surface area contributed by atoms with Gasteiger partial charge in [-0.05, 0) is 35.9 Å². The average Bonchev–Trinajstić information content (AvgIpc) is 3.01. The Hall–Kier alpha value is -2.85. The molecule has 4 heteroatoms. The number of rotatable bonds is 3. The van der Waals surface area contributed by atoms with Gasteiger partial charge in [0.15, 0.2) is 9.84 Å². The van der Waals surface area contributed by atoms with Crippen molar-refractivity contribution in [2.75, 3.05) is 6.26 Å². The van der Waals surface area contributed by atoms with Crippen LogP contribution in [0.5, 0.6) is 0 Å². The zero-order valence-corrected chi connectivity index (χ0v) is 14.5. The second-order valence-electron chi connectivity index (χ2n) is 5.96. The molecular weight excluding hydrogens is 332 g/mol. The van der Waals surface area contributed by atoms with Gasteiger partial charge < -0.3 is 4.42 Å². The fraction of sp³-hybridized carbons (Fsp3) is 0.0476. The van der Waals surface area contributed by atoms with Crippen LogP contribution in [0, 0.1) is 0 Å². The van der Waals surface area contributed by atoms with Gasteiger partial charge in [-0.15, -0.1) is 0 Å². The van der Waals surface area contributed by atoms with Crippen molar-refractivity contribution in [1.82, 2.24) is 0 Å². The fourth-order valence-corrected chi connectivity index (χ4v) is 3.62. The van der Waals surface area contributed by atoms with Gasteiger partial charge in [-0.1, -0.05) is 48.5 Å². The Kier molecular flexibility index (Phi) is 3.70. The maximum Gasteiger partial charge on any atom is 0.175 e. The summed E-state index contributed by atoms with van der Waals surface area (Å²) in [4.78, 5) is 0.300. The third-order valence-electron chi connectivity index (χ3n) is 4.20. The molecular formula is C21H16O3S. The smallest absolute Gasteiger partial charge is 0.175 e. The summed E-state index contributed by atoms with van der Waals surface area (Å²) in [5.74, 6) is 0.743. The van der Waals surface area contributed by atoms with Gasteiger partial charge in [0, 0.05) is 22.8 Å². The molecule has 0 aliphatic heterocycles. The molecule has 4 aromatic rings. The number of benzene rings is 3. The van der Waals surface area contributed by atoms with E-state index in [1.54, 1.807) is 24.3 Å². The van der Waals surface area contributed by atoms with Crippen molar-refractivity contribution in [3.63, 3.8) is 0 Å². The monoisotopic (exact) mass is 348 g/mol. The summed E-state index contributed by atoms with van der Waals surface area (Å²) in [5, 5.41) is 1.04. The van der Waals surface area contributed by atoms with Crippen LogP contribution >= 0.6 is 0 Å². The molecule has 0 saturated carbocycles. The first-order valence-corrected chi connectivity index (χ1v) is 9.80. The third-order valence-corrected chi connectivity index (χ3v) is 5.33. The molecule has 0 atom stereocenters. The Morgan fingerprint density at radius 1 is 0.720 bits per heavy atom. The van der Waals surface area contributed by atoms with Gasteiger partial charge in [0.1, 0.15) is 11.3 Å². The molecule has 0 aliphatic rings. The summed E-state index contributed by atoms with van der Waals surface area (Å²) in [7, 11) is -3.22. The Morgan fingerprint density at radius 2 is 1.36 bits per heavy atom. The zero-order valence-electron chi connectivity index (χ0n) is 13.6. The second kappa shape index (κ2) is 5.90. The lowest BCUT2D eigenvalue weighted by molar-refractivity contribution is 0.601. The average molecular weight is 348 g/mol. The summed E-state index contributed by atoms with van der Waals surface area (Å²) >= 11 is 0. The maximum atomic E-state index is 11.7. The van der Waals surface area contributed by atoms with Crippen molar-refractivity contribution >= 4 is 20.8 Å². The lowest BCUT2D eigenvalue weighted by Crippen LogP contribution is -1.96. The summed E-state index contributed by atoms with van der Waals surface area (Å²) in [6.45, 7) is 0. The van der Waals surface area contributed by atoms with E-state index in [2.05, 4.69) is 0 Å². The zero-order chi connectivity index (χ0) is 17.4. The van der Waals surface area contributed by atoms with E-state index >= 15 is 0 Å². The molecule has 0 spiro atoms. The van der Waals surface area contributed by atoms with E-state index in [0.717, 1.165) is 33.4 Å². The molecule has 0 aliphatic carbocycles. The highest BCUT2D eigenvalue weighted by Gasteiger charge is 2.17. The first-order chi connectivity index (χ1) is 12.0. The Morgan fingerprint density at radius 3 is 2.04 bits per heavy atom. The van der Waals surface area contributed by atoms with Crippen LogP contribution in [0.2, 0.25) is 0 Å². The number of para-hydroxylation sites is 1. The largest absolute Gasteiger partial charge is 0.455 e. The van der Waals surface area contributed by atoms with E-state index in [-0.39, 0.29) is 0 Å². The van der Waals surface area contributed by atoms with Gasteiger partial charge in [0.05, 0.1) is 4.90 Å². The van der Waals surface area contributed by atoms with E-state index < -0.39 is 9.84 Å². The molecule has 0 radical (unpaired) electrons. The van der Waals surface area contributed by atoms with Gasteiger partial charge in [-0.2, -0.15) is 0 Å². The highest BCUT2D eigenvalue weighted by Crippen LogP contribution is 2.40. The maximum absolute atomic E-state index is 11.7. The van der Waals surface area contributed by atoms with Crippen LogP contribution < -0.4 is 0 Å². The quantitative estimate of drug-likeness (QED) is 0.513. The van der Waals surface area contributed by atoms with Crippen molar-refractivity contribution in [2.45, 2.75) is 4.90 Å². The fourth-order valence-electron chi connectivity index (χ4n) is 2.99. The molecule has 0 fully saturated rings. The molecule has 0 N–H and O–H groups in total. The topological polar surface area (TPSA) is 47.3 Å². The number of furan rings is 1. The Bertz CT molecular complexity index is 1140. The van der Waals surface area contributed by atoms with E-state index in [1.165, 1.54) is 6.26 Å². The lowest BCUT2D eigenvalue weighted by Gasteiger charge is -2.05. The van der Waals surface area contributed by atoms with Crippen LogP contribution in [-0.4, -0.2) is 14.7 Å². The van der Waals surface area contributed by atoms with Crippen LogP contribution in [0.25, 0.3) is 33.4 Å². The van der Waals surface area contributed by atoms with Crippen LogP contribution in [0.3, 0.4) is 0 Å². The molecule has 124 valence electrons. The van der Waals surface area contributed by atoms with E-state index in [1.807, 2.05) is 54.6 Å². The van der Waals surface area contributed by atoms with Gasteiger partial charge in [-0.3, -0.25) is 0 Å². The first-order valence-electron chi connectivity index (χ1n) is 7.91.